The van der Waals surface area contributed by atoms with Crippen molar-refractivity contribution in [2.45, 2.75) is 19.8 Å². The molecule has 0 N–H and O–H groups in total. The van der Waals surface area contributed by atoms with Crippen molar-refractivity contribution < 1.29 is 0 Å². The fourth-order valence-electron chi connectivity index (χ4n) is 2.94. The standard InChI is InChI=1S/C16H25N3/c1-16(12-17-15(18(2)3)19(4)5)10-13-8-6-7-9-14(13)11-16/h6-9H,10-12H2,1-5H3. The number of aliphatic imine (C=N–C) groups is 1. The Bertz CT molecular complexity index is 440. The molecule has 0 saturated carbocycles. The summed E-state index contributed by atoms with van der Waals surface area (Å²) in [5, 5.41) is 0. The molecule has 0 bridgehead atoms. The maximum Gasteiger partial charge on any atom is 0.195 e. The Morgan fingerprint density at radius 3 is 1.95 bits per heavy atom. The first kappa shape index (κ1) is 13.9. The minimum Gasteiger partial charge on any atom is -0.349 e. The van der Waals surface area contributed by atoms with E-state index in [9.17, 15) is 0 Å². The van der Waals surface area contributed by atoms with Crippen molar-refractivity contribution in [2.24, 2.45) is 10.4 Å². The predicted octanol–water partition coefficient (Wildman–Crippen LogP) is 2.27. The van der Waals surface area contributed by atoms with Gasteiger partial charge in [0.2, 0.25) is 0 Å². The molecule has 2 rings (SSSR count). The summed E-state index contributed by atoms with van der Waals surface area (Å²) in [5.41, 5.74) is 3.26. The van der Waals surface area contributed by atoms with E-state index in [1.54, 1.807) is 0 Å². The van der Waals surface area contributed by atoms with E-state index in [-0.39, 0.29) is 5.41 Å². The molecule has 0 fully saturated rings. The molecule has 0 aliphatic heterocycles. The van der Waals surface area contributed by atoms with E-state index in [1.165, 1.54) is 11.1 Å². The van der Waals surface area contributed by atoms with Crippen LogP contribution < -0.4 is 0 Å². The molecule has 3 nitrogen and oxygen atoms in total. The van der Waals surface area contributed by atoms with Crippen molar-refractivity contribution >= 4 is 5.96 Å². The van der Waals surface area contributed by atoms with Crippen molar-refractivity contribution in [3.63, 3.8) is 0 Å². The van der Waals surface area contributed by atoms with Gasteiger partial charge in [0, 0.05) is 34.7 Å². The lowest BCUT2D eigenvalue weighted by molar-refractivity contribution is 0.353. The van der Waals surface area contributed by atoms with Gasteiger partial charge in [-0.2, -0.15) is 0 Å². The fraction of sp³-hybridized carbons (Fsp3) is 0.562. The lowest BCUT2D eigenvalue weighted by Gasteiger charge is -2.26. The first-order valence-corrected chi connectivity index (χ1v) is 6.87. The molecule has 1 aliphatic rings. The van der Waals surface area contributed by atoms with Gasteiger partial charge in [-0.25, -0.2) is 0 Å². The van der Waals surface area contributed by atoms with E-state index in [1.807, 2.05) is 28.2 Å². The van der Waals surface area contributed by atoms with E-state index in [0.717, 1.165) is 25.3 Å². The third-order valence-corrected chi connectivity index (χ3v) is 3.76. The molecule has 0 unspecified atom stereocenters. The van der Waals surface area contributed by atoms with Crippen LogP contribution in [0.4, 0.5) is 0 Å². The summed E-state index contributed by atoms with van der Waals surface area (Å²) in [6.45, 7) is 3.23. The van der Waals surface area contributed by atoms with Crippen LogP contribution in [0.2, 0.25) is 0 Å². The number of hydrogen-bond donors (Lipinski definition) is 0. The van der Waals surface area contributed by atoms with E-state index in [0.29, 0.717) is 0 Å². The Labute approximate surface area is 116 Å². The van der Waals surface area contributed by atoms with Crippen molar-refractivity contribution in [1.82, 2.24) is 9.80 Å². The quantitative estimate of drug-likeness (QED) is 0.599. The molecular formula is C16H25N3. The van der Waals surface area contributed by atoms with E-state index in [2.05, 4.69) is 41.0 Å². The van der Waals surface area contributed by atoms with Crippen molar-refractivity contribution in [3.8, 4) is 0 Å². The average Bonchev–Trinajstić information content (AvgIpc) is 2.64. The minimum absolute atomic E-state index is 0.265. The zero-order valence-electron chi connectivity index (χ0n) is 12.8. The van der Waals surface area contributed by atoms with Gasteiger partial charge in [0.05, 0.1) is 0 Å². The fourth-order valence-corrected chi connectivity index (χ4v) is 2.94. The molecule has 0 spiro atoms. The number of benzene rings is 1. The zero-order chi connectivity index (χ0) is 14.0. The highest BCUT2D eigenvalue weighted by molar-refractivity contribution is 5.79. The van der Waals surface area contributed by atoms with Crippen molar-refractivity contribution in [3.05, 3.63) is 35.4 Å². The van der Waals surface area contributed by atoms with Crippen LogP contribution >= 0.6 is 0 Å². The van der Waals surface area contributed by atoms with Gasteiger partial charge < -0.3 is 9.80 Å². The first-order chi connectivity index (χ1) is 8.91. The maximum atomic E-state index is 4.83. The molecule has 19 heavy (non-hydrogen) atoms. The number of guanidine groups is 1. The molecule has 0 aromatic heterocycles. The molecule has 1 aromatic rings. The summed E-state index contributed by atoms with van der Waals surface area (Å²) >= 11 is 0. The van der Waals surface area contributed by atoms with Gasteiger partial charge >= 0.3 is 0 Å². The highest BCUT2D eigenvalue weighted by Gasteiger charge is 2.32. The SMILES string of the molecule is CN(C)C(=NCC1(C)Cc2ccccc2C1)N(C)C. The van der Waals surface area contributed by atoms with Crippen LogP contribution in [0.5, 0.6) is 0 Å². The Hall–Kier alpha value is -1.51. The van der Waals surface area contributed by atoms with Crippen LogP contribution in [0, 0.1) is 5.41 Å². The Balaban J connectivity index is 2.11. The van der Waals surface area contributed by atoms with Crippen LogP contribution in [0.1, 0.15) is 18.1 Å². The van der Waals surface area contributed by atoms with E-state index >= 15 is 0 Å². The maximum absolute atomic E-state index is 4.83. The summed E-state index contributed by atoms with van der Waals surface area (Å²) < 4.78 is 0. The van der Waals surface area contributed by atoms with Gasteiger partial charge in [-0.15, -0.1) is 0 Å². The minimum atomic E-state index is 0.265. The van der Waals surface area contributed by atoms with Crippen LogP contribution in [-0.2, 0) is 12.8 Å². The van der Waals surface area contributed by atoms with Gasteiger partial charge in [-0.3, -0.25) is 4.99 Å². The molecule has 1 aromatic carbocycles. The molecular weight excluding hydrogens is 234 g/mol. The summed E-state index contributed by atoms with van der Waals surface area (Å²) in [5.74, 6) is 1.04. The largest absolute Gasteiger partial charge is 0.349 e. The van der Waals surface area contributed by atoms with Gasteiger partial charge in [0.25, 0.3) is 0 Å². The van der Waals surface area contributed by atoms with Gasteiger partial charge in [-0.1, -0.05) is 31.2 Å². The van der Waals surface area contributed by atoms with Crippen LogP contribution in [0.15, 0.2) is 29.3 Å². The number of rotatable bonds is 2. The average molecular weight is 259 g/mol. The molecule has 3 heteroatoms. The van der Waals surface area contributed by atoms with Crippen LogP contribution in [0.25, 0.3) is 0 Å². The summed E-state index contributed by atoms with van der Waals surface area (Å²) in [6.07, 6.45) is 2.28. The van der Waals surface area contributed by atoms with Crippen molar-refractivity contribution in [1.29, 1.82) is 0 Å². The van der Waals surface area contributed by atoms with Gasteiger partial charge in [0.1, 0.15) is 0 Å². The highest BCUT2D eigenvalue weighted by Crippen LogP contribution is 2.36. The molecule has 1 aliphatic carbocycles. The molecule has 0 atom stereocenters. The van der Waals surface area contributed by atoms with Crippen LogP contribution in [0.3, 0.4) is 0 Å². The van der Waals surface area contributed by atoms with Gasteiger partial charge in [-0.05, 0) is 29.4 Å². The molecule has 0 heterocycles. The topological polar surface area (TPSA) is 18.8 Å². The number of fused-ring (bicyclic) bond motifs is 1. The summed E-state index contributed by atoms with van der Waals surface area (Å²) in [7, 11) is 8.18. The molecule has 104 valence electrons. The number of nitrogens with zero attached hydrogens (tertiary/aromatic N) is 3. The van der Waals surface area contributed by atoms with E-state index in [4.69, 9.17) is 4.99 Å². The molecule has 0 amide bonds. The Morgan fingerprint density at radius 2 is 1.53 bits per heavy atom. The number of hydrogen-bond acceptors (Lipinski definition) is 1. The summed E-state index contributed by atoms with van der Waals surface area (Å²) in [6, 6.07) is 8.78. The summed E-state index contributed by atoms with van der Waals surface area (Å²) in [4.78, 5) is 8.98. The predicted molar refractivity (Wildman–Crippen MR) is 81.6 cm³/mol. The molecule has 0 saturated heterocycles. The molecule has 0 radical (unpaired) electrons. The monoisotopic (exact) mass is 259 g/mol. The van der Waals surface area contributed by atoms with Crippen LogP contribution in [-0.4, -0.2) is 50.5 Å². The third-order valence-electron chi connectivity index (χ3n) is 3.76. The lowest BCUT2D eigenvalue weighted by Crippen LogP contribution is -2.36. The second kappa shape index (κ2) is 5.24. The smallest absolute Gasteiger partial charge is 0.195 e. The zero-order valence-corrected chi connectivity index (χ0v) is 12.8. The lowest BCUT2D eigenvalue weighted by atomic mass is 9.87. The Kier molecular flexibility index (Phi) is 3.83. The van der Waals surface area contributed by atoms with Crippen molar-refractivity contribution in [2.75, 3.05) is 34.7 Å². The third kappa shape index (κ3) is 3.09. The normalized spacial score (nSPS) is 15.8. The highest BCUT2D eigenvalue weighted by atomic mass is 15.3. The van der Waals surface area contributed by atoms with E-state index < -0.39 is 0 Å². The van der Waals surface area contributed by atoms with Gasteiger partial charge in [0.15, 0.2) is 5.96 Å². The Morgan fingerprint density at radius 1 is 1.05 bits per heavy atom. The first-order valence-electron chi connectivity index (χ1n) is 6.87. The second-order valence-corrected chi connectivity index (χ2v) is 6.34. The second-order valence-electron chi connectivity index (χ2n) is 6.34.